The number of likely N-dealkylation sites (tertiary alicyclic amines) is 1. The van der Waals surface area contributed by atoms with Crippen LogP contribution in [0.15, 0.2) is 0 Å². The van der Waals surface area contributed by atoms with E-state index < -0.39 is 0 Å². The number of hydrogen-bond acceptors (Lipinski definition) is 4. The van der Waals surface area contributed by atoms with Gasteiger partial charge in [0.1, 0.15) is 0 Å². The third-order valence-electron chi connectivity index (χ3n) is 3.64. The molecule has 0 aliphatic carbocycles. The maximum Gasteiger partial charge on any atom is 0.239 e. The summed E-state index contributed by atoms with van der Waals surface area (Å²) in [5.74, 6) is 0.548. The molecule has 1 aliphatic heterocycles. The highest BCUT2D eigenvalue weighted by Gasteiger charge is 2.26. The van der Waals surface area contributed by atoms with Gasteiger partial charge in [0.15, 0.2) is 0 Å². The van der Waals surface area contributed by atoms with Crippen LogP contribution >= 0.6 is 12.4 Å². The topological polar surface area (TPSA) is 64.8 Å². The van der Waals surface area contributed by atoms with Gasteiger partial charge in [-0.05, 0) is 31.6 Å². The van der Waals surface area contributed by atoms with Gasteiger partial charge in [-0.3, -0.25) is 4.79 Å². The molecule has 2 N–H and O–H groups in total. The Morgan fingerprint density at radius 3 is 2.43 bits per heavy atom. The van der Waals surface area contributed by atoms with Crippen LogP contribution in [0, 0.1) is 5.92 Å². The molecule has 0 bridgehead atoms. The van der Waals surface area contributed by atoms with Gasteiger partial charge in [-0.15, -0.1) is 12.4 Å². The van der Waals surface area contributed by atoms with E-state index in [1.54, 1.807) is 7.11 Å². The van der Waals surface area contributed by atoms with Gasteiger partial charge in [0.25, 0.3) is 0 Å². The Kier molecular flexibility index (Phi) is 11.0. The molecule has 0 aromatic heterocycles. The summed E-state index contributed by atoms with van der Waals surface area (Å²) in [4.78, 5) is 14.1. The number of rotatable bonds is 8. The minimum absolute atomic E-state index is 0. The van der Waals surface area contributed by atoms with E-state index in [4.69, 9.17) is 15.2 Å². The van der Waals surface area contributed by atoms with Crippen LogP contribution in [-0.4, -0.2) is 56.4 Å². The molecule has 6 heteroatoms. The molecular formula is C15H31ClN2O3. The summed E-state index contributed by atoms with van der Waals surface area (Å²) in [6.07, 6.45) is 3.78. The molecule has 1 fully saturated rings. The first kappa shape index (κ1) is 20.6. The molecule has 0 saturated carbocycles. The molecule has 1 heterocycles. The lowest BCUT2D eigenvalue weighted by atomic mass is 10.0. The van der Waals surface area contributed by atoms with Crippen LogP contribution in [0.5, 0.6) is 0 Å². The molecule has 126 valence electrons. The molecule has 0 aromatic rings. The number of carbonyl (C=O) groups is 1. The standard InChI is InChI=1S/C15H30N2O3.ClH/c1-12(2)11-14(16)15(18)17-7-5-13(6-8-17)20-10-4-9-19-3;/h12-14H,4-11,16H2,1-3H3;1H/t14-;/m0./s1. The number of piperidine rings is 1. The van der Waals surface area contributed by atoms with E-state index >= 15 is 0 Å². The molecular weight excluding hydrogens is 292 g/mol. The van der Waals surface area contributed by atoms with Crippen LogP contribution in [0.2, 0.25) is 0 Å². The van der Waals surface area contributed by atoms with Crippen LogP contribution in [0.1, 0.15) is 39.5 Å². The predicted molar refractivity (Wildman–Crippen MR) is 86.7 cm³/mol. The van der Waals surface area contributed by atoms with Gasteiger partial charge in [0, 0.05) is 33.4 Å². The van der Waals surface area contributed by atoms with E-state index in [9.17, 15) is 4.79 Å². The van der Waals surface area contributed by atoms with Gasteiger partial charge < -0.3 is 20.1 Å². The quantitative estimate of drug-likeness (QED) is 0.692. The second-order valence-corrected chi connectivity index (χ2v) is 5.98. The van der Waals surface area contributed by atoms with Gasteiger partial charge >= 0.3 is 0 Å². The lowest BCUT2D eigenvalue weighted by Crippen LogP contribution is -2.48. The summed E-state index contributed by atoms with van der Waals surface area (Å²) in [5, 5.41) is 0. The van der Waals surface area contributed by atoms with Crippen molar-refractivity contribution in [2.24, 2.45) is 11.7 Å². The second-order valence-electron chi connectivity index (χ2n) is 5.98. The highest BCUT2D eigenvalue weighted by Crippen LogP contribution is 2.16. The minimum atomic E-state index is -0.353. The SMILES string of the molecule is COCCCOC1CCN(C(=O)[C@@H](N)CC(C)C)CC1.Cl. The molecule has 1 saturated heterocycles. The molecule has 1 aliphatic rings. The predicted octanol–water partition coefficient (Wildman–Crippen LogP) is 1.83. The Bertz CT molecular complexity index is 282. The zero-order chi connectivity index (χ0) is 15.0. The van der Waals surface area contributed by atoms with E-state index in [2.05, 4.69) is 13.8 Å². The summed E-state index contributed by atoms with van der Waals surface area (Å²) >= 11 is 0. The fraction of sp³-hybridized carbons (Fsp3) is 0.933. The first-order valence-corrected chi connectivity index (χ1v) is 7.69. The zero-order valence-electron chi connectivity index (χ0n) is 13.5. The third kappa shape index (κ3) is 8.00. The van der Waals surface area contributed by atoms with Crippen molar-refractivity contribution in [1.29, 1.82) is 0 Å². The first-order valence-electron chi connectivity index (χ1n) is 7.69. The number of carbonyl (C=O) groups excluding carboxylic acids is 1. The fourth-order valence-corrected chi connectivity index (χ4v) is 2.54. The Morgan fingerprint density at radius 1 is 1.29 bits per heavy atom. The van der Waals surface area contributed by atoms with E-state index in [-0.39, 0.29) is 30.5 Å². The molecule has 0 unspecified atom stereocenters. The summed E-state index contributed by atoms with van der Waals surface area (Å²) < 4.78 is 10.8. The van der Waals surface area contributed by atoms with Gasteiger partial charge in [-0.25, -0.2) is 0 Å². The Labute approximate surface area is 134 Å². The van der Waals surface area contributed by atoms with Crippen LogP contribution in [0.4, 0.5) is 0 Å². The average molecular weight is 323 g/mol. The van der Waals surface area contributed by atoms with E-state index in [0.29, 0.717) is 5.92 Å². The van der Waals surface area contributed by atoms with Gasteiger partial charge in [0.2, 0.25) is 5.91 Å². The number of nitrogens with zero attached hydrogens (tertiary/aromatic N) is 1. The summed E-state index contributed by atoms with van der Waals surface area (Å²) in [5.41, 5.74) is 5.96. The summed E-state index contributed by atoms with van der Waals surface area (Å²) in [7, 11) is 1.70. The van der Waals surface area contributed by atoms with Crippen molar-refractivity contribution in [3.05, 3.63) is 0 Å². The lowest BCUT2D eigenvalue weighted by molar-refractivity contribution is -0.135. The fourth-order valence-electron chi connectivity index (χ4n) is 2.54. The summed E-state index contributed by atoms with van der Waals surface area (Å²) in [6.45, 7) is 7.18. The van der Waals surface area contributed by atoms with Crippen molar-refractivity contribution >= 4 is 18.3 Å². The van der Waals surface area contributed by atoms with E-state index in [1.165, 1.54) is 0 Å². The van der Waals surface area contributed by atoms with Crippen LogP contribution in [-0.2, 0) is 14.3 Å². The molecule has 1 rings (SSSR count). The van der Waals surface area contributed by atoms with Crippen LogP contribution in [0.3, 0.4) is 0 Å². The van der Waals surface area contributed by atoms with Crippen molar-refractivity contribution < 1.29 is 14.3 Å². The average Bonchev–Trinajstić information content (AvgIpc) is 2.43. The largest absolute Gasteiger partial charge is 0.385 e. The van der Waals surface area contributed by atoms with Crippen LogP contribution in [0.25, 0.3) is 0 Å². The highest BCUT2D eigenvalue weighted by atomic mass is 35.5. The van der Waals surface area contributed by atoms with E-state index in [1.807, 2.05) is 4.90 Å². The lowest BCUT2D eigenvalue weighted by Gasteiger charge is -2.33. The zero-order valence-corrected chi connectivity index (χ0v) is 14.4. The van der Waals surface area contributed by atoms with Crippen LogP contribution < -0.4 is 5.73 Å². The number of amides is 1. The minimum Gasteiger partial charge on any atom is -0.385 e. The Hall–Kier alpha value is -0.360. The van der Waals surface area contributed by atoms with Gasteiger partial charge in [-0.2, -0.15) is 0 Å². The monoisotopic (exact) mass is 322 g/mol. The molecule has 1 atom stereocenters. The molecule has 1 amide bonds. The molecule has 5 nitrogen and oxygen atoms in total. The van der Waals surface area contributed by atoms with Crippen molar-refractivity contribution in [3.8, 4) is 0 Å². The van der Waals surface area contributed by atoms with E-state index in [0.717, 1.165) is 52.0 Å². The number of methoxy groups -OCH3 is 1. The molecule has 0 aromatic carbocycles. The number of halogens is 1. The molecule has 0 spiro atoms. The Balaban J connectivity index is 0.00000400. The molecule has 0 radical (unpaired) electrons. The van der Waals surface area contributed by atoms with Crippen molar-refractivity contribution in [1.82, 2.24) is 4.90 Å². The second kappa shape index (κ2) is 11.2. The maximum absolute atomic E-state index is 12.2. The summed E-state index contributed by atoms with van der Waals surface area (Å²) in [6, 6.07) is -0.353. The normalized spacial score (nSPS) is 17.7. The van der Waals surface area contributed by atoms with Crippen molar-refractivity contribution in [2.45, 2.75) is 51.7 Å². The Morgan fingerprint density at radius 2 is 1.90 bits per heavy atom. The highest BCUT2D eigenvalue weighted by molar-refractivity contribution is 5.85. The number of hydrogen-bond donors (Lipinski definition) is 1. The van der Waals surface area contributed by atoms with Crippen molar-refractivity contribution in [2.75, 3.05) is 33.4 Å². The van der Waals surface area contributed by atoms with Gasteiger partial charge in [0.05, 0.1) is 12.1 Å². The van der Waals surface area contributed by atoms with Gasteiger partial charge in [-0.1, -0.05) is 13.8 Å². The number of nitrogens with two attached hydrogens (primary N) is 1. The first-order chi connectivity index (χ1) is 9.54. The van der Waals surface area contributed by atoms with Crippen molar-refractivity contribution in [3.63, 3.8) is 0 Å². The maximum atomic E-state index is 12.2. The smallest absolute Gasteiger partial charge is 0.239 e. The third-order valence-corrected chi connectivity index (χ3v) is 3.64. The molecule has 21 heavy (non-hydrogen) atoms. The number of ether oxygens (including phenoxy) is 2.